The van der Waals surface area contributed by atoms with Gasteiger partial charge in [0.15, 0.2) is 0 Å². The van der Waals surface area contributed by atoms with Gasteiger partial charge >= 0.3 is 0 Å². The lowest BCUT2D eigenvalue weighted by Crippen LogP contribution is -2.48. The van der Waals surface area contributed by atoms with Gasteiger partial charge in [-0.2, -0.15) is 0 Å². The molecule has 5 nitrogen and oxygen atoms in total. The average molecular weight is 331 g/mol. The van der Waals surface area contributed by atoms with Crippen LogP contribution in [0.5, 0.6) is 5.75 Å². The van der Waals surface area contributed by atoms with Gasteiger partial charge < -0.3 is 9.64 Å². The number of methoxy groups -OCH3 is 1. The van der Waals surface area contributed by atoms with Gasteiger partial charge in [0, 0.05) is 43.7 Å². The average Bonchev–Trinajstić information content (AvgIpc) is 3.00. The molecule has 6 heteroatoms. The molecule has 1 aliphatic rings. The van der Waals surface area contributed by atoms with Gasteiger partial charge in [-0.25, -0.2) is 4.98 Å². The Bertz CT molecular complexity index is 661. The van der Waals surface area contributed by atoms with E-state index in [0.29, 0.717) is 0 Å². The first-order valence-electron chi connectivity index (χ1n) is 7.72. The van der Waals surface area contributed by atoms with Gasteiger partial charge in [-0.3, -0.25) is 9.69 Å². The van der Waals surface area contributed by atoms with Gasteiger partial charge in [-0.1, -0.05) is 0 Å². The zero-order chi connectivity index (χ0) is 16.2. The molecule has 1 saturated heterocycles. The van der Waals surface area contributed by atoms with Gasteiger partial charge in [0.1, 0.15) is 5.75 Å². The highest BCUT2D eigenvalue weighted by atomic mass is 32.1. The van der Waals surface area contributed by atoms with E-state index in [-0.39, 0.29) is 5.91 Å². The molecular weight excluding hydrogens is 310 g/mol. The van der Waals surface area contributed by atoms with Crippen LogP contribution in [0.1, 0.15) is 21.1 Å². The fourth-order valence-corrected chi connectivity index (χ4v) is 3.34. The molecule has 0 atom stereocenters. The number of benzene rings is 1. The molecule has 0 N–H and O–H groups in total. The summed E-state index contributed by atoms with van der Waals surface area (Å²) in [7, 11) is 1.62. The minimum Gasteiger partial charge on any atom is -0.497 e. The smallest absolute Gasteiger partial charge is 0.253 e. The zero-order valence-corrected chi connectivity index (χ0v) is 14.3. The van der Waals surface area contributed by atoms with Crippen LogP contribution in [-0.2, 0) is 6.54 Å². The summed E-state index contributed by atoms with van der Waals surface area (Å²) >= 11 is 1.69. The second kappa shape index (κ2) is 7.10. The molecule has 2 heterocycles. The Morgan fingerprint density at radius 2 is 1.91 bits per heavy atom. The van der Waals surface area contributed by atoms with E-state index in [2.05, 4.69) is 15.3 Å². The van der Waals surface area contributed by atoms with Crippen molar-refractivity contribution in [3.05, 3.63) is 45.9 Å². The molecule has 0 bridgehead atoms. The van der Waals surface area contributed by atoms with E-state index in [4.69, 9.17) is 4.74 Å². The largest absolute Gasteiger partial charge is 0.497 e. The number of ether oxygens (including phenoxy) is 1. The second-order valence-corrected chi connectivity index (χ2v) is 6.72. The third-order valence-corrected chi connectivity index (χ3v) is 4.87. The lowest BCUT2D eigenvalue weighted by Gasteiger charge is -2.34. The van der Waals surface area contributed by atoms with Crippen LogP contribution in [0, 0.1) is 6.92 Å². The van der Waals surface area contributed by atoms with Crippen LogP contribution in [0.15, 0.2) is 29.6 Å². The minimum absolute atomic E-state index is 0.0943. The molecule has 3 rings (SSSR count). The van der Waals surface area contributed by atoms with Gasteiger partial charge in [0.25, 0.3) is 5.91 Å². The van der Waals surface area contributed by atoms with Crippen molar-refractivity contribution < 1.29 is 9.53 Å². The molecule has 2 aromatic rings. The maximum atomic E-state index is 12.5. The number of hydrogen-bond donors (Lipinski definition) is 0. The van der Waals surface area contributed by atoms with Crippen LogP contribution in [0.3, 0.4) is 0 Å². The van der Waals surface area contributed by atoms with Gasteiger partial charge in [-0.05, 0) is 31.2 Å². The maximum Gasteiger partial charge on any atom is 0.253 e. The van der Waals surface area contributed by atoms with Gasteiger partial charge in [0.2, 0.25) is 0 Å². The Balaban J connectivity index is 1.54. The zero-order valence-electron chi connectivity index (χ0n) is 13.5. The number of rotatable bonds is 4. The fourth-order valence-electron chi connectivity index (χ4n) is 2.74. The highest BCUT2D eigenvalue weighted by Gasteiger charge is 2.22. The third-order valence-electron chi connectivity index (χ3n) is 4.05. The number of hydrogen-bond acceptors (Lipinski definition) is 5. The molecule has 0 unspecified atom stereocenters. The number of amides is 1. The van der Waals surface area contributed by atoms with E-state index in [1.165, 1.54) is 0 Å². The van der Waals surface area contributed by atoms with E-state index < -0.39 is 0 Å². The lowest BCUT2D eigenvalue weighted by molar-refractivity contribution is 0.0627. The summed E-state index contributed by atoms with van der Waals surface area (Å²) in [5.41, 5.74) is 1.84. The summed E-state index contributed by atoms with van der Waals surface area (Å²) in [4.78, 5) is 21.3. The molecule has 1 aliphatic heterocycles. The fraction of sp³-hybridized carbons (Fsp3) is 0.412. The van der Waals surface area contributed by atoms with Gasteiger partial charge in [-0.15, -0.1) is 11.3 Å². The summed E-state index contributed by atoms with van der Waals surface area (Å²) < 4.78 is 5.13. The normalized spacial score (nSPS) is 15.7. The summed E-state index contributed by atoms with van der Waals surface area (Å²) in [5.74, 6) is 0.863. The minimum atomic E-state index is 0.0943. The van der Waals surface area contributed by atoms with E-state index in [1.807, 2.05) is 36.1 Å². The van der Waals surface area contributed by atoms with Crippen molar-refractivity contribution in [2.75, 3.05) is 33.3 Å². The molecule has 1 aromatic heterocycles. The SMILES string of the molecule is COc1ccc(C(=O)N2CCN(Cc3csc(C)n3)CC2)cc1. The van der Waals surface area contributed by atoms with E-state index in [1.54, 1.807) is 18.4 Å². The Hall–Kier alpha value is -1.92. The number of aromatic nitrogens is 1. The highest BCUT2D eigenvalue weighted by Crippen LogP contribution is 2.16. The molecule has 122 valence electrons. The standard InChI is InChI=1S/C17H21N3O2S/c1-13-18-15(12-23-13)11-19-7-9-20(10-8-19)17(21)14-3-5-16(22-2)6-4-14/h3-6,12H,7-11H2,1-2H3. The molecule has 23 heavy (non-hydrogen) atoms. The number of carbonyl (C=O) groups is 1. The van der Waals surface area contributed by atoms with Crippen molar-refractivity contribution >= 4 is 17.2 Å². The van der Waals surface area contributed by atoms with Crippen molar-refractivity contribution in [1.82, 2.24) is 14.8 Å². The number of thiazole rings is 1. The van der Waals surface area contributed by atoms with Crippen molar-refractivity contribution in [2.24, 2.45) is 0 Å². The first-order valence-corrected chi connectivity index (χ1v) is 8.60. The van der Waals surface area contributed by atoms with Crippen LogP contribution in [0.4, 0.5) is 0 Å². The van der Waals surface area contributed by atoms with Crippen LogP contribution in [0.2, 0.25) is 0 Å². The van der Waals surface area contributed by atoms with E-state index >= 15 is 0 Å². The first kappa shape index (κ1) is 16.0. The summed E-state index contributed by atoms with van der Waals surface area (Å²) in [6.07, 6.45) is 0. The van der Waals surface area contributed by atoms with Crippen molar-refractivity contribution in [3.63, 3.8) is 0 Å². The Kier molecular flexibility index (Phi) is 4.93. The molecule has 0 radical (unpaired) electrons. The van der Waals surface area contributed by atoms with Crippen LogP contribution < -0.4 is 4.74 Å². The second-order valence-electron chi connectivity index (χ2n) is 5.65. The maximum absolute atomic E-state index is 12.5. The van der Waals surface area contributed by atoms with Crippen LogP contribution in [-0.4, -0.2) is 54.0 Å². The number of nitrogens with zero attached hydrogens (tertiary/aromatic N) is 3. The quantitative estimate of drug-likeness (QED) is 0.863. The molecule has 0 aliphatic carbocycles. The highest BCUT2D eigenvalue weighted by molar-refractivity contribution is 7.09. The lowest BCUT2D eigenvalue weighted by atomic mass is 10.1. The summed E-state index contributed by atoms with van der Waals surface area (Å²) in [6, 6.07) is 7.30. The van der Waals surface area contributed by atoms with Crippen molar-refractivity contribution in [1.29, 1.82) is 0 Å². The van der Waals surface area contributed by atoms with Crippen LogP contribution in [0.25, 0.3) is 0 Å². The predicted molar refractivity (Wildman–Crippen MR) is 91.0 cm³/mol. The summed E-state index contributed by atoms with van der Waals surface area (Å²) in [6.45, 7) is 6.19. The third kappa shape index (κ3) is 3.89. The van der Waals surface area contributed by atoms with E-state index in [9.17, 15) is 4.79 Å². The molecule has 1 aromatic carbocycles. The van der Waals surface area contributed by atoms with Gasteiger partial charge in [0.05, 0.1) is 17.8 Å². The monoisotopic (exact) mass is 331 g/mol. The number of aryl methyl sites for hydroxylation is 1. The molecule has 1 fully saturated rings. The molecule has 1 amide bonds. The summed E-state index contributed by atoms with van der Waals surface area (Å²) in [5, 5.41) is 3.22. The number of piperazine rings is 1. The van der Waals surface area contributed by atoms with E-state index in [0.717, 1.165) is 54.7 Å². The predicted octanol–water partition coefficient (Wildman–Crippen LogP) is 2.42. The molecule has 0 saturated carbocycles. The molecular formula is C17H21N3O2S. The Morgan fingerprint density at radius 3 is 2.48 bits per heavy atom. The number of carbonyl (C=O) groups excluding carboxylic acids is 1. The Morgan fingerprint density at radius 1 is 1.22 bits per heavy atom. The first-order chi connectivity index (χ1) is 11.2. The topological polar surface area (TPSA) is 45.7 Å². The van der Waals surface area contributed by atoms with Crippen molar-refractivity contribution in [3.8, 4) is 5.75 Å². The van der Waals surface area contributed by atoms with Crippen molar-refractivity contribution in [2.45, 2.75) is 13.5 Å². The Labute approximate surface area is 140 Å². The van der Waals surface area contributed by atoms with Crippen LogP contribution >= 0.6 is 11.3 Å². The molecule has 0 spiro atoms.